The van der Waals surface area contributed by atoms with Crippen molar-refractivity contribution in [2.75, 3.05) is 20.2 Å². The smallest absolute Gasteiger partial charge is 0.0563 e. The van der Waals surface area contributed by atoms with Gasteiger partial charge in [-0.15, -0.1) is 0 Å². The summed E-state index contributed by atoms with van der Waals surface area (Å²) < 4.78 is 0. The lowest BCUT2D eigenvalue weighted by Gasteiger charge is -2.23. The molecule has 4 heteroatoms. The van der Waals surface area contributed by atoms with E-state index in [0.717, 1.165) is 12.8 Å². The van der Waals surface area contributed by atoms with Gasteiger partial charge in [0, 0.05) is 6.54 Å². The Balaban J connectivity index is 2.88. The molecule has 0 aromatic heterocycles. The van der Waals surface area contributed by atoms with Crippen LogP contribution in [0.5, 0.6) is 0 Å². The molecule has 0 heterocycles. The lowest BCUT2D eigenvalue weighted by atomic mass is 10.3. The molecule has 0 aromatic rings. The van der Waals surface area contributed by atoms with E-state index in [2.05, 4.69) is 4.84 Å². The monoisotopic (exact) mass is 133 g/mol. The van der Waals surface area contributed by atoms with Crippen LogP contribution in [0, 0.1) is 5.21 Å². The summed E-state index contributed by atoms with van der Waals surface area (Å²) in [4.78, 5) is 4.33. The number of hydroxylamine groups is 2. The maximum atomic E-state index is 10.3. The van der Waals surface area contributed by atoms with E-state index < -0.39 is 0 Å². The van der Waals surface area contributed by atoms with E-state index in [0.29, 0.717) is 18.3 Å². The average molecular weight is 133 g/mol. The van der Waals surface area contributed by atoms with E-state index in [1.807, 2.05) is 0 Å². The molecule has 4 nitrogen and oxygen atoms in total. The van der Waals surface area contributed by atoms with E-state index >= 15 is 0 Å². The zero-order chi connectivity index (χ0) is 7.11. The Morgan fingerprint density at radius 3 is 2.67 bits per heavy atom. The molecule has 9 heavy (non-hydrogen) atoms. The second kappa shape index (κ2) is 5.97. The molecule has 0 atom stereocenters. The van der Waals surface area contributed by atoms with E-state index in [1.165, 1.54) is 7.11 Å². The normalized spacial score (nSPS) is 10.7. The van der Waals surface area contributed by atoms with Gasteiger partial charge in [-0.3, -0.25) is 5.23 Å². The molecule has 0 bridgehead atoms. The minimum absolute atomic E-state index is 0.410. The zero-order valence-corrected chi connectivity index (χ0v) is 5.67. The summed E-state index contributed by atoms with van der Waals surface area (Å²) in [5.41, 5.74) is 5.19. The summed E-state index contributed by atoms with van der Waals surface area (Å²) in [5.74, 6) is 0. The van der Waals surface area contributed by atoms with Crippen molar-refractivity contribution in [3.05, 3.63) is 5.21 Å². The molecule has 0 rings (SSSR count). The Labute approximate surface area is 55.1 Å². The number of nitrogens with two attached hydrogens (primary N) is 1. The van der Waals surface area contributed by atoms with Gasteiger partial charge in [0.2, 0.25) is 0 Å². The van der Waals surface area contributed by atoms with Crippen molar-refractivity contribution in [2.45, 2.75) is 12.8 Å². The molecule has 0 saturated carbocycles. The highest BCUT2D eigenvalue weighted by molar-refractivity contribution is 4.45. The van der Waals surface area contributed by atoms with Gasteiger partial charge in [0.25, 0.3) is 0 Å². The Morgan fingerprint density at radius 2 is 2.22 bits per heavy atom. The number of hydrogen-bond donors (Lipinski definition) is 1. The fourth-order valence-corrected chi connectivity index (χ4v) is 0.477. The molecule has 0 spiro atoms. The van der Waals surface area contributed by atoms with Crippen LogP contribution in [0.15, 0.2) is 0 Å². The lowest BCUT2D eigenvalue weighted by Crippen LogP contribution is -2.16. The third-order valence-corrected chi connectivity index (χ3v) is 0.998. The van der Waals surface area contributed by atoms with Crippen LogP contribution < -0.4 is 5.73 Å². The summed E-state index contributed by atoms with van der Waals surface area (Å²) >= 11 is 0. The second-order valence-electron chi connectivity index (χ2n) is 1.73. The van der Waals surface area contributed by atoms with Gasteiger partial charge in [0.05, 0.1) is 7.11 Å². The molecular weight excluding hydrogens is 120 g/mol. The molecule has 0 amide bonds. The predicted octanol–water partition coefficient (Wildman–Crippen LogP) is 0.0865. The molecule has 0 aliphatic carbocycles. The van der Waals surface area contributed by atoms with Gasteiger partial charge in [-0.05, 0) is 19.4 Å². The standard InChI is InChI=1S/C5H13N2O2/c1-9-7(8)5-3-2-4-6/h2-6H2,1H3/q-1. The van der Waals surface area contributed by atoms with Crippen molar-refractivity contribution in [3.8, 4) is 0 Å². The topological polar surface area (TPSA) is 61.5 Å². The Morgan fingerprint density at radius 1 is 1.56 bits per heavy atom. The third-order valence-electron chi connectivity index (χ3n) is 0.998. The molecule has 0 fully saturated rings. The van der Waals surface area contributed by atoms with Crippen LogP contribution in [-0.2, 0) is 4.84 Å². The highest BCUT2D eigenvalue weighted by atomic mass is 16.9. The largest absolute Gasteiger partial charge is 0.762 e. The van der Waals surface area contributed by atoms with E-state index in [9.17, 15) is 5.21 Å². The van der Waals surface area contributed by atoms with Crippen molar-refractivity contribution < 1.29 is 4.84 Å². The van der Waals surface area contributed by atoms with Crippen molar-refractivity contribution in [1.82, 2.24) is 5.23 Å². The summed E-state index contributed by atoms with van der Waals surface area (Å²) in [6.45, 7) is 1.05. The minimum atomic E-state index is 0.410. The second-order valence-corrected chi connectivity index (χ2v) is 1.73. The summed E-state index contributed by atoms with van der Waals surface area (Å²) in [6.07, 6.45) is 1.68. The molecule has 56 valence electrons. The van der Waals surface area contributed by atoms with Crippen molar-refractivity contribution in [1.29, 1.82) is 0 Å². The van der Waals surface area contributed by atoms with Crippen LogP contribution in [0.2, 0.25) is 0 Å². The van der Waals surface area contributed by atoms with Crippen LogP contribution in [0.25, 0.3) is 0 Å². The first kappa shape index (κ1) is 8.84. The van der Waals surface area contributed by atoms with Crippen molar-refractivity contribution in [3.63, 3.8) is 0 Å². The van der Waals surface area contributed by atoms with Gasteiger partial charge >= 0.3 is 0 Å². The van der Waals surface area contributed by atoms with Crippen LogP contribution in [0.4, 0.5) is 0 Å². The van der Waals surface area contributed by atoms with Crippen molar-refractivity contribution in [2.24, 2.45) is 5.73 Å². The fourth-order valence-electron chi connectivity index (χ4n) is 0.477. The Bertz CT molecular complexity index is 60.9. The van der Waals surface area contributed by atoms with Crippen molar-refractivity contribution >= 4 is 0 Å². The van der Waals surface area contributed by atoms with Crippen LogP contribution in [-0.4, -0.2) is 25.4 Å². The van der Waals surface area contributed by atoms with Gasteiger partial charge in [-0.2, -0.15) is 0 Å². The number of hydrogen-bond acceptors (Lipinski definition) is 4. The average Bonchev–Trinajstić information content (AvgIpc) is 1.89. The number of unbranched alkanes of at least 4 members (excludes halogenated alkanes) is 1. The van der Waals surface area contributed by atoms with E-state index in [1.54, 1.807) is 0 Å². The lowest BCUT2D eigenvalue weighted by molar-refractivity contribution is -0.0879. The maximum absolute atomic E-state index is 10.3. The highest BCUT2D eigenvalue weighted by Crippen LogP contribution is 1.90. The predicted molar refractivity (Wildman–Crippen MR) is 35.4 cm³/mol. The zero-order valence-electron chi connectivity index (χ0n) is 5.67. The molecule has 0 unspecified atom stereocenters. The first-order valence-electron chi connectivity index (χ1n) is 3.00. The molecule has 2 N–H and O–H groups in total. The summed E-state index contributed by atoms with van der Waals surface area (Å²) in [6, 6.07) is 0. The number of nitrogens with zero attached hydrogens (tertiary/aromatic N) is 1. The summed E-state index contributed by atoms with van der Waals surface area (Å²) in [7, 11) is 1.36. The van der Waals surface area contributed by atoms with Gasteiger partial charge in [-0.25, -0.2) is 0 Å². The minimum Gasteiger partial charge on any atom is -0.762 e. The quantitative estimate of drug-likeness (QED) is 0.426. The first-order valence-corrected chi connectivity index (χ1v) is 3.00. The molecule has 0 saturated heterocycles. The van der Waals surface area contributed by atoms with E-state index in [-0.39, 0.29) is 0 Å². The van der Waals surface area contributed by atoms with Gasteiger partial charge in [0.1, 0.15) is 0 Å². The third kappa shape index (κ3) is 5.72. The first-order chi connectivity index (χ1) is 4.31. The number of rotatable bonds is 5. The molecular formula is C5H13N2O2-. The van der Waals surface area contributed by atoms with Gasteiger partial charge in [0.15, 0.2) is 0 Å². The Hall–Kier alpha value is -0.160. The van der Waals surface area contributed by atoms with E-state index in [4.69, 9.17) is 5.73 Å². The maximum Gasteiger partial charge on any atom is 0.0563 e. The van der Waals surface area contributed by atoms with Gasteiger partial charge < -0.3 is 15.8 Å². The van der Waals surface area contributed by atoms with Crippen LogP contribution in [0.3, 0.4) is 0 Å². The fraction of sp³-hybridized carbons (Fsp3) is 1.00. The SMILES string of the molecule is CON([O-])CCCCN. The Kier molecular flexibility index (Phi) is 5.86. The molecule has 0 aromatic carbocycles. The molecule has 0 aliphatic rings. The molecule has 0 aliphatic heterocycles. The summed E-state index contributed by atoms with van der Waals surface area (Å²) in [5, 5.41) is 10.9. The van der Waals surface area contributed by atoms with Gasteiger partial charge in [-0.1, -0.05) is 0 Å². The molecule has 0 radical (unpaired) electrons. The van der Waals surface area contributed by atoms with Crippen LogP contribution in [0.1, 0.15) is 12.8 Å². The van der Waals surface area contributed by atoms with Crippen LogP contribution >= 0.6 is 0 Å². The highest BCUT2D eigenvalue weighted by Gasteiger charge is 1.86.